The lowest BCUT2D eigenvalue weighted by Crippen LogP contribution is -2.57. The Morgan fingerprint density at radius 2 is 1.70 bits per heavy atom. The second-order valence-corrected chi connectivity index (χ2v) is 11.5. The van der Waals surface area contributed by atoms with E-state index in [-0.39, 0.29) is 39.8 Å². The highest BCUT2D eigenvalue weighted by molar-refractivity contribution is 5.99. The number of hydrogen-bond acceptors (Lipinski definition) is 3. The van der Waals surface area contributed by atoms with Gasteiger partial charge in [0.2, 0.25) is 0 Å². The second kappa shape index (κ2) is 5.69. The quantitative estimate of drug-likeness (QED) is 0.702. The molecule has 2 saturated carbocycles. The van der Waals surface area contributed by atoms with E-state index in [1.54, 1.807) is 0 Å². The highest BCUT2D eigenvalue weighted by Gasteiger charge is 2.65. The van der Waals surface area contributed by atoms with E-state index < -0.39 is 0 Å². The fourth-order valence-corrected chi connectivity index (χ4v) is 8.30. The summed E-state index contributed by atoms with van der Waals surface area (Å²) in [5.41, 5.74) is 2.17. The van der Waals surface area contributed by atoms with Gasteiger partial charge in [-0.15, -0.1) is 0 Å². The molecule has 0 heterocycles. The maximum Gasteiger partial charge on any atom is 0.159 e. The van der Waals surface area contributed by atoms with Gasteiger partial charge in [0.25, 0.3) is 0 Å². The summed E-state index contributed by atoms with van der Waals surface area (Å²) in [4.78, 5) is 13.6. The van der Waals surface area contributed by atoms with Gasteiger partial charge < -0.3 is 10.2 Å². The molecule has 0 spiro atoms. The number of Topliss-reactive ketones (excluding diaryl/α,β-unsaturated/α-hetero) is 1. The summed E-state index contributed by atoms with van der Waals surface area (Å²) in [6, 6.07) is 0. The number of ketones is 1. The average Bonchev–Trinajstić information content (AvgIpc) is 2.83. The molecule has 152 valence electrons. The van der Waals surface area contributed by atoms with Crippen LogP contribution in [0.15, 0.2) is 11.1 Å². The molecule has 4 aliphatic rings. The molecule has 2 N–H and O–H groups in total. The van der Waals surface area contributed by atoms with Crippen molar-refractivity contribution in [2.24, 2.45) is 33.5 Å². The monoisotopic (exact) mass is 374 g/mol. The van der Waals surface area contributed by atoms with Gasteiger partial charge in [0.15, 0.2) is 5.78 Å². The molecule has 27 heavy (non-hydrogen) atoms. The van der Waals surface area contributed by atoms with Gasteiger partial charge in [0.1, 0.15) is 0 Å². The molecule has 3 nitrogen and oxygen atoms in total. The zero-order valence-electron chi connectivity index (χ0n) is 18.1. The molecule has 3 heteroatoms. The molecule has 0 aliphatic heterocycles. The van der Waals surface area contributed by atoms with Crippen molar-refractivity contribution in [2.45, 2.75) is 98.7 Å². The minimum atomic E-state index is -0.359. The van der Waals surface area contributed by atoms with Crippen LogP contribution in [-0.4, -0.2) is 28.2 Å². The predicted molar refractivity (Wildman–Crippen MR) is 107 cm³/mol. The van der Waals surface area contributed by atoms with E-state index in [0.29, 0.717) is 18.1 Å². The number of aliphatic hydroxyl groups excluding tert-OH is 2. The molecule has 0 amide bonds. The number of aliphatic hydroxyl groups is 2. The Morgan fingerprint density at radius 1 is 1.04 bits per heavy atom. The molecule has 0 bridgehead atoms. The van der Waals surface area contributed by atoms with Crippen LogP contribution in [0.1, 0.15) is 86.5 Å². The smallest absolute Gasteiger partial charge is 0.159 e. The van der Waals surface area contributed by atoms with Gasteiger partial charge in [-0.1, -0.05) is 40.2 Å². The van der Waals surface area contributed by atoms with Crippen LogP contribution in [0.2, 0.25) is 0 Å². The fraction of sp³-hybridized carbons (Fsp3) is 0.875. The molecule has 7 atom stereocenters. The minimum absolute atomic E-state index is 0.0199. The van der Waals surface area contributed by atoms with Crippen molar-refractivity contribution >= 4 is 5.78 Å². The Balaban J connectivity index is 1.86. The van der Waals surface area contributed by atoms with Crippen LogP contribution in [0.25, 0.3) is 0 Å². The zero-order valence-corrected chi connectivity index (χ0v) is 18.1. The standard InChI is InChI=1S/C24H38O3/c1-14(25)15-9-12-23(5)16-7-8-18-21(2,3)19(27)10-11-22(18,4)20(16)17(26)13-24(15,23)6/h14-15,18-19,25,27H,7-13H2,1-6H3/t14-,15+,18-,19-,22-,23-,24+/m0/s1. The molecule has 0 aromatic carbocycles. The van der Waals surface area contributed by atoms with Gasteiger partial charge in [0, 0.05) is 12.0 Å². The number of rotatable bonds is 1. The van der Waals surface area contributed by atoms with E-state index in [9.17, 15) is 15.0 Å². The highest BCUT2D eigenvalue weighted by Crippen LogP contribution is 2.71. The lowest BCUT2D eigenvalue weighted by atomic mass is 9.43. The summed E-state index contributed by atoms with van der Waals surface area (Å²) >= 11 is 0. The average molecular weight is 375 g/mol. The molecule has 4 rings (SSSR count). The number of hydrogen-bond donors (Lipinski definition) is 2. The number of carbonyl (C=O) groups excluding carboxylic acids is 1. The van der Waals surface area contributed by atoms with E-state index in [2.05, 4.69) is 34.6 Å². The summed E-state index contributed by atoms with van der Waals surface area (Å²) in [7, 11) is 0. The van der Waals surface area contributed by atoms with Gasteiger partial charge in [-0.25, -0.2) is 0 Å². The van der Waals surface area contributed by atoms with E-state index in [0.717, 1.165) is 44.1 Å². The summed E-state index contributed by atoms with van der Waals surface area (Å²) < 4.78 is 0. The molecular formula is C24H38O3. The lowest BCUT2D eigenvalue weighted by molar-refractivity contribution is -0.132. The largest absolute Gasteiger partial charge is 0.393 e. The summed E-state index contributed by atoms with van der Waals surface area (Å²) in [5, 5.41) is 21.1. The van der Waals surface area contributed by atoms with Crippen molar-refractivity contribution in [3.63, 3.8) is 0 Å². The van der Waals surface area contributed by atoms with Crippen molar-refractivity contribution in [3.8, 4) is 0 Å². The minimum Gasteiger partial charge on any atom is -0.393 e. The summed E-state index contributed by atoms with van der Waals surface area (Å²) in [6.07, 6.45) is 5.78. The maximum atomic E-state index is 13.6. The molecule has 0 saturated heterocycles. The van der Waals surface area contributed by atoms with Crippen molar-refractivity contribution in [1.29, 1.82) is 0 Å². The number of carbonyl (C=O) groups is 1. The molecule has 0 radical (unpaired) electrons. The highest BCUT2D eigenvalue weighted by atomic mass is 16.3. The van der Waals surface area contributed by atoms with E-state index in [1.165, 1.54) is 5.57 Å². The Labute approximate surface area is 164 Å². The van der Waals surface area contributed by atoms with Crippen LogP contribution in [0.4, 0.5) is 0 Å². The first-order valence-corrected chi connectivity index (χ1v) is 11.0. The van der Waals surface area contributed by atoms with Crippen LogP contribution in [0.3, 0.4) is 0 Å². The van der Waals surface area contributed by atoms with Gasteiger partial charge in [-0.3, -0.25) is 4.79 Å². The van der Waals surface area contributed by atoms with Crippen LogP contribution in [-0.2, 0) is 4.79 Å². The number of fused-ring (bicyclic) bond motifs is 4. The topological polar surface area (TPSA) is 57.5 Å². The maximum absolute atomic E-state index is 13.6. The third-order valence-electron chi connectivity index (χ3n) is 10.1. The molecule has 0 aromatic heterocycles. The molecular weight excluding hydrogens is 336 g/mol. The van der Waals surface area contributed by atoms with Crippen molar-refractivity contribution in [1.82, 2.24) is 0 Å². The Hall–Kier alpha value is -0.670. The van der Waals surface area contributed by atoms with Gasteiger partial charge >= 0.3 is 0 Å². The van der Waals surface area contributed by atoms with E-state index in [1.807, 2.05) is 6.92 Å². The first kappa shape index (κ1) is 19.6. The SMILES string of the molecule is C[C@H](O)[C@H]1CC[C@@]2(C)C3=C(C(=O)C[C@]12C)[C@@]1(C)CC[C@H](O)C(C)(C)[C@@H]1CC3. The fourth-order valence-electron chi connectivity index (χ4n) is 8.30. The van der Waals surface area contributed by atoms with E-state index >= 15 is 0 Å². The second-order valence-electron chi connectivity index (χ2n) is 11.5. The molecule has 2 fully saturated rings. The first-order valence-electron chi connectivity index (χ1n) is 11.0. The third kappa shape index (κ3) is 2.25. The van der Waals surface area contributed by atoms with Crippen molar-refractivity contribution in [3.05, 3.63) is 11.1 Å². The Bertz CT molecular complexity index is 704. The van der Waals surface area contributed by atoms with E-state index in [4.69, 9.17) is 0 Å². The van der Waals surface area contributed by atoms with Crippen LogP contribution in [0, 0.1) is 33.5 Å². The first-order chi connectivity index (χ1) is 12.4. The zero-order chi connectivity index (χ0) is 20.0. The molecule has 0 aromatic rings. The van der Waals surface area contributed by atoms with Crippen molar-refractivity contribution in [2.75, 3.05) is 0 Å². The van der Waals surface area contributed by atoms with Gasteiger partial charge in [0.05, 0.1) is 12.2 Å². The van der Waals surface area contributed by atoms with Crippen LogP contribution in [0.5, 0.6) is 0 Å². The van der Waals surface area contributed by atoms with Crippen LogP contribution >= 0.6 is 0 Å². The molecule has 4 aliphatic carbocycles. The summed E-state index contributed by atoms with van der Waals surface area (Å²) in [5.74, 6) is 0.894. The Morgan fingerprint density at radius 3 is 2.33 bits per heavy atom. The van der Waals surface area contributed by atoms with Gasteiger partial charge in [-0.05, 0) is 78.9 Å². The lowest BCUT2D eigenvalue weighted by Gasteiger charge is -2.61. The normalized spacial score (nSPS) is 50.1. The Kier molecular flexibility index (Phi) is 4.14. The van der Waals surface area contributed by atoms with Crippen molar-refractivity contribution < 1.29 is 15.0 Å². The third-order valence-corrected chi connectivity index (χ3v) is 10.1. The molecule has 0 unspecified atom stereocenters. The number of allylic oxidation sites excluding steroid dienone is 2. The van der Waals surface area contributed by atoms with Crippen LogP contribution < -0.4 is 0 Å². The predicted octanol–water partition coefficient (Wildman–Crippen LogP) is 4.66. The van der Waals surface area contributed by atoms with Gasteiger partial charge in [-0.2, -0.15) is 0 Å². The summed E-state index contributed by atoms with van der Waals surface area (Å²) in [6.45, 7) is 13.3.